The van der Waals surface area contributed by atoms with Crippen molar-refractivity contribution in [3.63, 3.8) is 0 Å². The molecule has 0 amide bonds. The summed E-state index contributed by atoms with van der Waals surface area (Å²) in [4.78, 5) is 11.4. The first-order valence-corrected chi connectivity index (χ1v) is 6.40. The van der Waals surface area contributed by atoms with E-state index in [0.29, 0.717) is 25.6 Å². The minimum atomic E-state index is -0.187. The lowest BCUT2D eigenvalue weighted by molar-refractivity contribution is -0.142. The second-order valence-electron chi connectivity index (χ2n) is 4.79. The van der Waals surface area contributed by atoms with Gasteiger partial charge in [0, 0.05) is 0 Å². The van der Waals surface area contributed by atoms with Gasteiger partial charge in [0.15, 0.2) is 0 Å². The summed E-state index contributed by atoms with van der Waals surface area (Å²) in [6.07, 6.45) is 0.319. The molecule has 3 heteroatoms. The lowest BCUT2D eigenvalue weighted by Crippen LogP contribution is -2.08. The molecule has 0 aliphatic carbocycles. The summed E-state index contributed by atoms with van der Waals surface area (Å²) in [5.74, 6) is 1.20. The molecule has 0 bridgehead atoms. The Bertz CT molecular complexity index is 397. The molecule has 1 aromatic rings. The SMILES string of the molecule is CCOC(=O)Cc1ccc(OCC(C)C)c(C)c1. The standard InChI is InChI=1S/C15H22O3/c1-5-17-15(16)9-13-6-7-14(12(4)8-13)18-10-11(2)3/h6-8,11H,5,9-10H2,1-4H3. The molecule has 0 fully saturated rings. The van der Waals surface area contributed by atoms with Crippen LogP contribution in [-0.4, -0.2) is 19.2 Å². The number of esters is 1. The maximum absolute atomic E-state index is 11.4. The van der Waals surface area contributed by atoms with Crippen molar-refractivity contribution < 1.29 is 14.3 Å². The summed E-state index contributed by atoms with van der Waals surface area (Å²) in [6.45, 7) is 9.16. The van der Waals surface area contributed by atoms with Crippen molar-refractivity contribution >= 4 is 5.97 Å². The maximum Gasteiger partial charge on any atom is 0.310 e. The molecule has 0 aliphatic rings. The summed E-state index contributed by atoms with van der Waals surface area (Å²) in [5.41, 5.74) is 2.01. The molecule has 0 heterocycles. The fourth-order valence-corrected chi connectivity index (χ4v) is 1.62. The third kappa shape index (κ3) is 4.78. The average molecular weight is 250 g/mol. The minimum absolute atomic E-state index is 0.187. The van der Waals surface area contributed by atoms with Crippen LogP contribution in [0.2, 0.25) is 0 Å². The van der Waals surface area contributed by atoms with E-state index < -0.39 is 0 Å². The van der Waals surface area contributed by atoms with E-state index in [1.165, 1.54) is 0 Å². The van der Waals surface area contributed by atoms with Crippen LogP contribution >= 0.6 is 0 Å². The van der Waals surface area contributed by atoms with Crippen molar-refractivity contribution in [3.05, 3.63) is 29.3 Å². The highest BCUT2D eigenvalue weighted by atomic mass is 16.5. The van der Waals surface area contributed by atoms with Gasteiger partial charge in [-0.1, -0.05) is 26.0 Å². The van der Waals surface area contributed by atoms with E-state index in [9.17, 15) is 4.79 Å². The number of hydrogen-bond acceptors (Lipinski definition) is 3. The quantitative estimate of drug-likeness (QED) is 0.728. The summed E-state index contributed by atoms with van der Waals surface area (Å²) >= 11 is 0. The Balaban J connectivity index is 2.64. The summed E-state index contributed by atoms with van der Waals surface area (Å²) in [5, 5.41) is 0. The fourth-order valence-electron chi connectivity index (χ4n) is 1.62. The smallest absolute Gasteiger partial charge is 0.310 e. The normalized spacial score (nSPS) is 10.5. The predicted molar refractivity (Wildman–Crippen MR) is 71.8 cm³/mol. The number of carbonyl (C=O) groups excluding carboxylic acids is 1. The van der Waals surface area contributed by atoms with Gasteiger partial charge in [0.1, 0.15) is 5.75 Å². The first-order chi connectivity index (χ1) is 8.52. The zero-order valence-electron chi connectivity index (χ0n) is 11.7. The summed E-state index contributed by atoms with van der Waals surface area (Å²) in [6, 6.07) is 5.82. The number of carbonyl (C=O) groups is 1. The highest BCUT2D eigenvalue weighted by Gasteiger charge is 2.07. The van der Waals surface area contributed by atoms with Crippen LogP contribution in [0.25, 0.3) is 0 Å². The molecule has 100 valence electrons. The van der Waals surface area contributed by atoms with E-state index in [0.717, 1.165) is 16.9 Å². The van der Waals surface area contributed by atoms with E-state index in [1.54, 1.807) is 0 Å². The largest absolute Gasteiger partial charge is 0.493 e. The van der Waals surface area contributed by atoms with Gasteiger partial charge in [-0.25, -0.2) is 0 Å². The van der Waals surface area contributed by atoms with Crippen LogP contribution in [0.1, 0.15) is 31.9 Å². The average Bonchev–Trinajstić information content (AvgIpc) is 2.28. The van der Waals surface area contributed by atoms with E-state index in [-0.39, 0.29) is 5.97 Å². The fraction of sp³-hybridized carbons (Fsp3) is 0.533. The highest BCUT2D eigenvalue weighted by molar-refractivity contribution is 5.72. The van der Waals surface area contributed by atoms with Gasteiger partial charge in [0.05, 0.1) is 19.6 Å². The van der Waals surface area contributed by atoms with Crippen LogP contribution in [-0.2, 0) is 16.0 Å². The van der Waals surface area contributed by atoms with Crippen LogP contribution in [0, 0.1) is 12.8 Å². The second kappa shape index (κ2) is 7.04. The van der Waals surface area contributed by atoms with E-state index in [2.05, 4.69) is 13.8 Å². The Morgan fingerprint density at radius 3 is 2.61 bits per heavy atom. The summed E-state index contributed by atoms with van der Waals surface area (Å²) in [7, 11) is 0. The second-order valence-corrected chi connectivity index (χ2v) is 4.79. The lowest BCUT2D eigenvalue weighted by atomic mass is 10.1. The number of ether oxygens (including phenoxy) is 2. The number of aryl methyl sites for hydroxylation is 1. The molecular weight excluding hydrogens is 228 g/mol. The number of rotatable bonds is 6. The van der Waals surface area contributed by atoms with Crippen molar-refractivity contribution in [2.24, 2.45) is 5.92 Å². The molecule has 0 aromatic heterocycles. The van der Waals surface area contributed by atoms with Crippen molar-refractivity contribution in [1.82, 2.24) is 0 Å². The molecule has 1 aromatic carbocycles. The number of benzene rings is 1. The van der Waals surface area contributed by atoms with Gasteiger partial charge in [-0.15, -0.1) is 0 Å². The van der Waals surface area contributed by atoms with Crippen LogP contribution in [0.15, 0.2) is 18.2 Å². The van der Waals surface area contributed by atoms with Gasteiger partial charge in [-0.2, -0.15) is 0 Å². The first-order valence-electron chi connectivity index (χ1n) is 6.40. The molecule has 0 unspecified atom stereocenters. The van der Waals surface area contributed by atoms with Gasteiger partial charge < -0.3 is 9.47 Å². The van der Waals surface area contributed by atoms with Crippen molar-refractivity contribution in [1.29, 1.82) is 0 Å². The van der Waals surface area contributed by atoms with Gasteiger partial charge >= 0.3 is 5.97 Å². The Morgan fingerprint density at radius 2 is 2.06 bits per heavy atom. The van der Waals surface area contributed by atoms with Crippen LogP contribution < -0.4 is 4.74 Å². The van der Waals surface area contributed by atoms with Crippen molar-refractivity contribution in [3.8, 4) is 5.75 Å². The third-order valence-electron chi connectivity index (χ3n) is 2.47. The van der Waals surface area contributed by atoms with Gasteiger partial charge in [0.25, 0.3) is 0 Å². The van der Waals surface area contributed by atoms with Gasteiger partial charge in [-0.3, -0.25) is 4.79 Å². The zero-order chi connectivity index (χ0) is 13.5. The van der Waals surface area contributed by atoms with Crippen molar-refractivity contribution in [2.45, 2.75) is 34.1 Å². The third-order valence-corrected chi connectivity index (χ3v) is 2.47. The molecule has 0 aliphatic heterocycles. The molecule has 0 saturated heterocycles. The number of hydrogen-bond donors (Lipinski definition) is 0. The molecule has 0 atom stereocenters. The van der Waals surface area contributed by atoms with Crippen LogP contribution in [0.3, 0.4) is 0 Å². The Hall–Kier alpha value is -1.51. The maximum atomic E-state index is 11.4. The first kappa shape index (κ1) is 14.6. The molecule has 0 spiro atoms. The lowest BCUT2D eigenvalue weighted by Gasteiger charge is -2.12. The highest BCUT2D eigenvalue weighted by Crippen LogP contribution is 2.20. The molecular formula is C15H22O3. The molecule has 3 nitrogen and oxygen atoms in total. The van der Waals surface area contributed by atoms with E-state index in [1.807, 2.05) is 32.0 Å². The van der Waals surface area contributed by atoms with Gasteiger partial charge in [0.2, 0.25) is 0 Å². The Labute approximate surface area is 109 Å². The molecule has 0 radical (unpaired) electrons. The Morgan fingerprint density at radius 1 is 1.33 bits per heavy atom. The minimum Gasteiger partial charge on any atom is -0.493 e. The summed E-state index contributed by atoms with van der Waals surface area (Å²) < 4.78 is 10.6. The molecule has 1 rings (SSSR count). The van der Waals surface area contributed by atoms with Crippen molar-refractivity contribution in [2.75, 3.05) is 13.2 Å². The van der Waals surface area contributed by atoms with E-state index in [4.69, 9.17) is 9.47 Å². The van der Waals surface area contributed by atoms with E-state index >= 15 is 0 Å². The van der Waals surface area contributed by atoms with Crippen LogP contribution in [0.4, 0.5) is 0 Å². The van der Waals surface area contributed by atoms with Crippen LogP contribution in [0.5, 0.6) is 5.75 Å². The molecule has 0 saturated carbocycles. The topological polar surface area (TPSA) is 35.5 Å². The molecule has 18 heavy (non-hydrogen) atoms. The predicted octanol–water partition coefficient (Wildman–Crippen LogP) is 3.14. The van der Waals surface area contributed by atoms with Gasteiger partial charge in [-0.05, 0) is 37.0 Å². The zero-order valence-corrected chi connectivity index (χ0v) is 11.7. The Kier molecular flexibility index (Phi) is 5.69. The monoisotopic (exact) mass is 250 g/mol. The molecule has 0 N–H and O–H groups in total.